The highest BCUT2D eigenvalue weighted by molar-refractivity contribution is 5.91. The van der Waals surface area contributed by atoms with Crippen molar-refractivity contribution in [1.82, 2.24) is 15.0 Å². The fraction of sp³-hybridized carbons (Fsp3) is 0.333. The van der Waals surface area contributed by atoms with Crippen molar-refractivity contribution >= 4 is 11.1 Å². The van der Waals surface area contributed by atoms with Crippen LogP contribution in [-0.2, 0) is 6.42 Å². The van der Waals surface area contributed by atoms with Crippen LogP contribution in [-0.4, -0.2) is 15.0 Å². The van der Waals surface area contributed by atoms with Crippen LogP contribution in [0.1, 0.15) is 32.8 Å². The molecule has 2 aromatic heterocycles. The Hall–Kier alpha value is -2.10. The summed E-state index contributed by atoms with van der Waals surface area (Å²) < 4.78 is 5.43. The number of nitrogens with zero attached hydrogens (tertiary/aromatic N) is 2. The molecule has 3 aromatic rings. The van der Waals surface area contributed by atoms with Gasteiger partial charge in [-0.1, -0.05) is 39.3 Å². The Morgan fingerprint density at radius 1 is 1.21 bits per heavy atom. The third kappa shape index (κ3) is 2.67. The fourth-order valence-corrected chi connectivity index (χ4v) is 1.90. The van der Waals surface area contributed by atoms with Crippen molar-refractivity contribution < 1.29 is 4.42 Å². The minimum atomic E-state index is 0.870. The van der Waals surface area contributed by atoms with Crippen molar-refractivity contribution in [3.05, 3.63) is 36.6 Å². The normalized spacial score (nSPS) is 10.3. The first kappa shape index (κ1) is 13.3. The van der Waals surface area contributed by atoms with Gasteiger partial charge < -0.3 is 9.40 Å². The highest BCUT2D eigenvalue weighted by Crippen LogP contribution is 2.28. The Morgan fingerprint density at radius 2 is 2.00 bits per heavy atom. The maximum atomic E-state index is 5.43. The Balaban J connectivity index is 0.000000408. The van der Waals surface area contributed by atoms with Crippen LogP contribution in [0.3, 0.4) is 0 Å². The zero-order chi connectivity index (χ0) is 13.7. The van der Waals surface area contributed by atoms with Gasteiger partial charge >= 0.3 is 0 Å². The molecule has 0 unspecified atom stereocenters. The number of hydrogen-bond donors (Lipinski definition) is 1. The molecule has 0 aliphatic rings. The van der Waals surface area contributed by atoms with Gasteiger partial charge in [0.2, 0.25) is 0 Å². The molecule has 0 saturated heterocycles. The number of aromatic amines is 1. The zero-order valence-corrected chi connectivity index (χ0v) is 11.6. The second-order valence-electron chi connectivity index (χ2n) is 4.33. The molecule has 1 N–H and O–H groups in total. The van der Waals surface area contributed by atoms with Crippen molar-refractivity contribution in [3.63, 3.8) is 0 Å². The van der Waals surface area contributed by atoms with E-state index in [9.17, 15) is 0 Å². The van der Waals surface area contributed by atoms with E-state index in [4.69, 9.17) is 4.42 Å². The van der Waals surface area contributed by atoms with Crippen molar-refractivity contribution in [2.45, 2.75) is 33.6 Å². The van der Waals surface area contributed by atoms with Gasteiger partial charge in [-0.15, -0.1) is 0 Å². The molecule has 4 nitrogen and oxygen atoms in total. The first-order chi connectivity index (χ1) is 9.31. The number of fused-ring (bicyclic) bond motifs is 1. The number of benzene rings is 1. The van der Waals surface area contributed by atoms with Crippen LogP contribution in [0.2, 0.25) is 0 Å². The molecular weight excluding hydrogens is 238 g/mol. The first-order valence-electron chi connectivity index (χ1n) is 6.65. The average molecular weight is 257 g/mol. The predicted molar refractivity (Wildman–Crippen MR) is 76.9 cm³/mol. The number of aryl methyl sites for hydroxylation is 1. The van der Waals surface area contributed by atoms with Gasteiger partial charge in [0.05, 0.1) is 18.2 Å². The lowest BCUT2D eigenvalue weighted by atomic mass is 10.1. The molecule has 0 amide bonds. The van der Waals surface area contributed by atoms with Crippen molar-refractivity contribution in [2.75, 3.05) is 0 Å². The molecule has 0 radical (unpaired) electrons. The van der Waals surface area contributed by atoms with Gasteiger partial charge in [-0.25, -0.2) is 9.97 Å². The Morgan fingerprint density at radius 3 is 2.63 bits per heavy atom. The lowest BCUT2D eigenvalue weighted by Crippen LogP contribution is -1.85. The average Bonchev–Trinajstić information content (AvgIpc) is 3.09. The van der Waals surface area contributed by atoms with E-state index in [1.54, 1.807) is 12.5 Å². The SMILES string of the molecule is CCC.CCc1ccc(-c2cnc[nH]2)c2ncoc12. The topological polar surface area (TPSA) is 54.7 Å². The highest BCUT2D eigenvalue weighted by atomic mass is 16.3. The van der Waals surface area contributed by atoms with Crippen LogP contribution in [0.25, 0.3) is 22.4 Å². The zero-order valence-electron chi connectivity index (χ0n) is 11.6. The Bertz CT molecular complexity index is 626. The van der Waals surface area contributed by atoms with E-state index in [0.29, 0.717) is 0 Å². The maximum Gasteiger partial charge on any atom is 0.182 e. The molecule has 1 aromatic carbocycles. The second-order valence-corrected chi connectivity index (χ2v) is 4.33. The summed E-state index contributed by atoms with van der Waals surface area (Å²) in [6.45, 7) is 6.35. The summed E-state index contributed by atoms with van der Waals surface area (Å²) in [5.41, 5.74) is 4.92. The molecule has 19 heavy (non-hydrogen) atoms. The van der Waals surface area contributed by atoms with Gasteiger partial charge in [0.25, 0.3) is 0 Å². The van der Waals surface area contributed by atoms with Gasteiger partial charge in [-0.05, 0) is 12.0 Å². The van der Waals surface area contributed by atoms with Gasteiger partial charge in [0.1, 0.15) is 5.52 Å². The predicted octanol–water partition coefficient (Wildman–Crippen LogP) is 4.20. The summed E-state index contributed by atoms with van der Waals surface area (Å²) in [5.74, 6) is 0. The van der Waals surface area contributed by atoms with Gasteiger partial charge in [0.15, 0.2) is 12.0 Å². The first-order valence-corrected chi connectivity index (χ1v) is 6.65. The molecule has 0 aliphatic carbocycles. The second kappa shape index (κ2) is 6.18. The van der Waals surface area contributed by atoms with Crippen LogP contribution in [0.4, 0.5) is 0 Å². The van der Waals surface area contributed by atoms with E-state index in [1.807, 2.05) is 0 Å². The quantitative estimate of drug-likeness (QED) is 0.748. The summed E-state index contributed by atoms with van der Waals surface area (Å²) in [6.07, 6.45) is 7.13. The third-order valence-corrected chi connectivity index (χ3v) is 2.73. The minimum Gasteiger partial charge on any atom is -0.443 e. The van der Waals surface area contributed by atoms with E-state index in [2.05, 4.69) is 47.9 Å². The van der Waals surface area contributed by atoms with E-state index in [-0.39, 0.29) is 0 Å². The monoisotopic (exact) mass is 257 g/mol. The van der Waals surface area contributed by atoms with Crippen molar-refractivity contribution in [2.24, 2.45) is 0 Å². The Labute approximate surface area is 112 Å². The number of nitrogens with one attached hydrogen (secondary N) is 1. The van der Waals surface area contributed by atoms with Gasteiger partial charge in [-0.2, -0.15) is 0 Å². The van der Waals surface area contributed by atoms with E-state index in [1.165, 1.54) is 18.4 Å². The maximum absolute atomic E-state index is 5.43. The molecule has 4 heteroatoms. The number of rotatable bonds is 2. The molecule has 0 saturated carbocycles. The van der Waals surface area contributed by atoms with Crippen molar-refractivity contribution in [3.8, 4) is 11.3 Å². The fourth-order valence-electron chi connectivity index (χ4n) is 1.90. The number of hydrogen-bond acceptors (Lipinski definition) is 3. The van der Waals surface area contributed by atoms with E-state index in [0.717, 1.165) is 28.8 Å². The van der Waals surface area contributed by atoms with Crippen LogP contribution in [0.15, 0.2) is 35.5 Å². The van der Waals surface area contributed by atoms with Crippen LogP contribution >= 0.6 is 0 Å². The highest BCUT2D eigenvalue weighted by Gasteiger charge is 2.11. The molecule has 0 spiro atoms. The summed E-state index contributed by atoms with van der Waals surface area (Å²) in [5, 5.41) is 0. The van der Waals surface area contributed by atoms with Crippen molar-refractivity contribution in [1.29, 1.82) is 0 Å². The smallest absolute Gasteiger partial charge is 0.182 e. The molecular formula is C15H19N3O. The number of aromatic nitrogens is 3. The van der Waals surface area contributed by atoms with E-state index >= 15 is 0 Å². The van der Waals surface area contributed by atoms with Crippen LogP contribution in [0, 0.1) is 0 Å². The van der Waals surface area contributed by atoms with Gasteiger partial charge in [0, 0.05) is 5.56 Å². The summed E-state index contributed by atoms with van der Waals surface area (Å²) in [7, 11) is 0. The molecule has 0 atom stereocenters. The number of oxazole rings is 1. The standard InChI is InChI=1S/C12H11N3O.C3H8/c1-2-8-3-4-9(10-5-13-6-14-10)11-12(8)16-7-15-11;1-3-2/h3-7H,2H2,1H3,(H,13,14);3H2,1-2H3. The largest absolute Gasteiger partial charge is 0.443 e. The summed E-state index contributed by atoms with van der Waals surface area (Å²) in [6, 6.07) is 4.13. The molecule has 0 bridgehead atoms. The van der Waals surface area contributed by atoms with E-state index < -0.39 is 0 Å². The molecule has 0 fully saturated rings. The lowest BCUT2D eigenvalue weighted by Gasteiger charge is -2.01. The Kier molecular flexibility index (Phi) is 4.34. The molecule has 2 heterocycles. The third-order valence-electron chi connectivity index (χ3n) is 2.73. The summed E-state index contributed by atoms with van der Waals surface area (Å²) >= 11 is 0. The minimum absolute atomic E-state index is 0.870. The molecule has 3 rings (SSSR count). The molecule has 100 valence electrons. The summed E-state index contributed by atoms with van der Waals surface area (Å²) in [4.78, 5) is 11.4. The number of imidazole rings is 1. The van der Waals surface area contributed by atoms with Crippen LogP contribution in [0.5, 0.6) is 0 Å². The van der Waals surface area contributed by atoms with Crippen LogP contribution < -0.4 is 0 Å². The lowest BCUT2D eigenvalue weighted by molar-refractivity contribution is 0.598. The molecule has 0 aliphatic heterocycles. The van der Waals surface area contributed by atoms with Gasteiger partial charge in [-0.3, -0.25) is 0 Å². The number of H-pyrrole nitrogens is 1.